The van der Waals surface area contributed by atoms with E-state index >= 15 is 0 Å². The van der Waals surface area contributed by atoms with Crippen LogP contribution in [0.25, 0.3) is 0 Å². The third-order valence-electron chi connectivity index (χ3n) is 4.13. The maximum absolute atomic E-state index is 12.8. The summed E-state index contributed by atoms with van der Waals surface area (Å²) in [6.45, 7) is 1.93. The number of carbonyl (C=O) groups excluding carboxylic acids is 3. The van der Waals surface area contributed by atoms with E-state index in [0.717, 1.165) is 5.56 Å². The van der Waals surface area contributed by atoms with E-state index in [-0.39, 0.29) is 37.2 Å². The molecular formula is C21H23Cl2N3O4. The molecule has 0 unspecified atom stereocenters. The Morgan fingerprint density at radius 2 is 1.70 bits per heavy atom. The second-order valence-electron chi connectivity index (χ2n) is 6.54. The fourth-order valence-electron chi connectivity index (χ4n) is 2.52. The van der Waals surface area contributed by atoms with Crippen molar-refractivity contribution in [3.8, 4) is 0 Å². The van der Waals surface area contributed by atoms with Gasteiger partial charge in [-0.2, -0.15) is 0 Å². The molecule has 0 aliphatic rings. The molecule has 2 aromatic rings. The number of nitrogens with one attached hydrogen (secondary N) is 2. The third-order valence-corrected chi connectivity index (χ3v) is 4.87. The number of nitrogens with zero attached hydrogens (tertiary/aromatic N) is 1. The van der Waals surface area contributed by atoms with Crippen LogP contribution < -0.4 is 10.6 Å². The molecule has 3 amide bonds. The number of rotatable bonds is 9. The van der Waals surface area contributed by atoms with Crippen LogP contribution in [0.4, 0.5) is 5.69 Å². The second kappa shape index (κ2) is 11.5. The lowest BCUT2D eigenvalue weighted by molar-refractivity contribution is -0.124. The summed E-state index contributed by atoms with van der Waals surface area (Å²) in [6, 6.07) is 11.8. The molecule has 0 bridgehead atoms. The molecule has 0 saturated heterocycles. The fourth-order valence-corrected chi connectivity index (χ4v) is 2.81. The fraction of sp³-hybridized carbons (Fsp3) is 0.286. The summed E-state index contributed by atoms with van der Waals surface area (Å²) < 4.78 is 5.02. The number of hydrogen-bond donors (Lipinski definition) is 2. The van der Waals surface area contributed by atoms with Gasteiger partial charge in [-0.1, -0.05) is 40.9 Å². The first-order valence-electron chi connectivity index (χ1n) is 9.16. The molecular weight excluding hydrogens is 429 g/mol. The number of methoxy groups -OCH3 is 1. The molecule has 7 nitrogen and oxygen atoms in total. The van der Waals surface area contributed by atoms with Crippen LogP contribution >= 0.6 is 23.2 Å². The molecule has 0 spiro atoms. The summed E-state index contributed by atoms with van der Waals surface area (Å²) in [7, 11) is 1.50. The molecule has 0 aliphatic carbocycles. The maximum atomic E-state index is 12.8. The first-order chi connectivity index (χ1) is 14.3. The highest BCUT2D eigenvalue weighted by Crippen LogP contribution is 2.23. The Morgan fingerprint density at radius 1 is 1.00 bits per heavy atom. The van der Waals surface area contributed by atoms with E-state index in [0.29, 0.717) is 16.3 Å². The topological polar surface area (TPSA) is 87.7 Å². The van der Waals surface area contributed by atoms with Crippen LogP contribution in [0, 0.1) is 6.92 Å². The number of amides is 3. The number of ether oxygens (including phenoxy) is 1. The Morgan fingerprint density at radius 3 is 2.33 bits per heavy atom. The van der Waals surface area contributed by atoms with E-state index in [1.165, 1.54) is 30.2 Å². The summed E-state index contributed by atoms with van der Waals surface area (Å²) in [6.07, 6.45) is 0. The standard InChI is InChI=1S/C21H23Cl2N3O4/c1-14-3-6-16(7-4-14)25-19(27)12-24-20(28)13-26(9-10-30-2)21(29)15-5-8-17(22)18(23)11-15/h3-8,11H,9-10,12-13H2,1-2H3,(H,24,28)(H,25,27). The first-order valence-corrected chi connectivity index (χ1v) is 9.92. The number of aryl methyl sites for hydroxylation is 1. The molecule has 2 N–H and O–H groups in total. The highest BCUT2D eigenvalue weighted by molar-refractivity contribution is 6.42. The Balaban J connectivity index is 1.93. The number of anilines is 1. The van der Waals surface area contributed by atoms with Gasteiger partial charge in [-0.05, 0) is 37.3 Å². The van der Waals surface area contributed by atoms with Gasteiger partial charge in [0.25, 0.3) is 5.91 Å². The lowest BCUT2D eigenvalue weighted by Gasteiger charge is -2.22. The molecule has 0 saturated carbocycles. The van der Waals surface area contributed by atoms with Gasteiger partial charge in [0, 0.05) is 24.9 Å². The number of hydrogen-bond acceptors (Lipinski definition) is 4. The molecule has 2 aromatic carbocycles. The van der Waals surface area contributed by atoms with Crippen LogP contribution in [-0.2, 0) is 14.3 Å². The average Bonchev–Trinajstić information content (AvgIpc) is 2.72. The lowest BCUT2D eigenvalue weighted by atomic mass is 10.2. The maximum Gasteiger partial charge on any atom is 0.254 e. The molecule has 160 valence electrons. The summed E-state index contributed by atoms with van der Waals surface area (Å²) in [4.78, 5) is 38.4. The van der Waals surface area contributed by atoms with E-state index < -0.39 is 11.8 Å². The van der Waals surface area contributed by atoms with Crippen molar-refractivity contribution in [1.29, 1.82) is 0 Å². The van der Waals surface area contributed by atoms with Gasteiger partial charge in [-0.25, -0.2) is 0 Å². The van der Waals surface area contributed by atoms with Crippen LogP contribution in [-0.4, -0.2) is 56.0 Å². The molecule has 0 aromatic heterocycles. The predicted octanol–water partition coefficient (Wildman–Crippen LogP) is 3.15. The van der Waals surface area contributed by atoms with E-state index in [2.05, 4.69) is 10.6 Å². The van der Waals surface area contributed by atoms with Crippen LogP contribution in [0.5, 0.6) is 0 Å². The van der Waals surface area contributed by atoms with Gasteiger partial charge in [0.1, 0.15) is 0 Å². The molecule has 0 heterocycles. The predicted molar refractivity (Wildman–Crippen MR) is 117 cm³/mol. The smallest absolute Gasteiger partial charge is 0.254 e. The summed E-state index contributed by atoms with van der Waals surface area (Å²) in [5, 5.41) is 5.78. The monoisotopic (exact) mass is 451 g/mol. The average molecular weight is 452 g/mol. The molecule has 0 radical (unpaired) electrons. The summed E-state index contributed by atoms with van der Waals surface area (Å²) in [5.74, 6) is -1.24. The minimum Gasteiger partial charge on any atom is -0.383 e. The van der Waals surface area contributed by atoms with E-state index in [9.17, 15) is 14.4 Å². The van der Waals surface area contributed by atoms with E-state index in [1.54, 1.807) is 12.1 Å². The SMILES string of the molecule is COCCN(CC(=O)NCC(=O)Nc1ccc(C)cc1)C(=O)c1ccc(Cl)c(Cl)c1. The van der Waals surface area contributed by atoms with Crippen molar-refractivity contribution in [2.45, 2.75) is 6.92 Å². The van der Waals surface area contributed by atoms with Gasteiger partial charge >= 0.3 is 0 Å². The normalized spacial score (nSPS) is 10.4. The zero-order chi connectivity index (χ0) is 22.1. The van der Waals surface area contributed by atoms with Gasteiger partial charge in [0.15, 0.2) is 0 Å². The second-order valence-corrected chi connectivity index (χ2v) is 7.35. The van der Waals surface area contributed by atoms with E-state index in [1.807, 2.05) is 19.1 Å². The summed E-state index contributed by atoms with van der Waals surface area (Å²) in [5.41, 5.74) is 2.01. The quantitative estimate of drug-likeness (QED) is 0.612. The van der Waals surface area contributed by atoms with Crippen LogP contribution in [0.15, 0.2) is 42.5 Å². The summed E-state index contributed by atoms with van der Waals surface area (Å²) >= 11 is 11.9. The zero-order valence-corrected chi connectivity index (χ0v) is 18.2. The van der Waals surface area contributed by atoms with Gasteiger partial charge in [-0.15, -0.1) is 0 Å². The van der Waals surface area contributed by atoms with Gasteiger partial charge in [-0.3, -0.25) is 14.4 Å². The van der Waals surface area contributed by atoms with Crippen molar-refractivity contribution in [2.75, 3.05) is 38.7 Å². The lowest BCUT2D eigenvalue weighted by Crippen LogP contribution is -2.44. The minimum atomic E-state index is -0.474. The van der Waals surface area contributed by atoms with Crippen LogP contribution in [0.1, 0.15) is 15.9 Å². The van der Waals surface area contributed by atoms with Crippen molar-refractivity contribution in [1.82, 2.24) is 10.2 Å². The third kappa shape index (κ3) is 7.33. The van der Waals surface area contributed by atoms with Gasteiger partial charge in [0.05, 0.1) is 29.7 Å². The van der Waals surface area contributed by atoms with Crippen molar-refractivity contribution >= 4 is 46.6 Å². The van der Waals surface area contributed by atoms with Crippen molar-refractivity contribution in [3.63, 3.8) is 0 Å². The Bertz CT molecular complexity index is 904. The number of halogens is 2. The van der Waals surface area contributed by atoms with Crippen LogP contribution in [0.3, 0.4) is 0 Å². The largest absolute Gasteiger partial charge is 0.383 e. The van der Waals surface area contributed by atoms with Crippen LogP contribution in [0.2, 0.25) is 10.0 Å². The van der Waals surface area contributed by atoms with Crippen molar-refractivity contribution in [2.24, 2.45) is 0 Å². The van der Waals surface area contributed by atoms with Crippen molar-refractivity contribution < 1.29 is 19.1 Å². The van der Waals surface area contributed by atoms with E-state index in [4.69, 9.17) is 27.9 Å². The Hall–Kier alpha value is -2.61. The highest BCUT2D eigenvalue weighted by atomic mass is 35.5. The van der Waals surface area contributed by atoms with Crippen molar-refractivity contribution in [3.05, 3.63) is 63.6 Å². The molecule has 2 rings (SSSR count). The number of carbonyl (C=O) groups is 3. The Kier molecular flexibility index (Phi) is 9.11. The first kappa shape index (κ1) is 23.7. The molecule has 0 atom stereocenters. The molecule has 30 heavy (non-hydrogen) atoms. The van der Waals surface area contributed by atoms with Gasteiger partial charge in [0.2, 0.25) is 11.8 Å². The highest BCUT2D eigenvalue weighted by Gasteiger charge is 2.20. The molecule has 0 fully saturated rings. The van der Waals surface area contributed by atoms with Gasteiger partial charge < -0.3 is 20.3 Å². The minimum absolute atomic E-state index is 0.193. The zero-order valence-electron chi connectivity index (χ0n) is 16.7. The number of benzene rings is 2. The molecule has 0 aliphatic heterocycles. The Labute approximate surface area is 185 Å². The molecule has 9 heteroatoms.